The molecule has 0 unspecified atom stereocenters. The Morgan fingerprint density at radius 1 is 1.30 bits per heavy atom. The number of carbonyl (C=O) groups is 1. The van der Waals surface area contributed by atoms with E-state index in [0.717, 1.165) is 9.35 Å². The van der Waals surface area contributed by atoms with Crippen LogP contribution < -0.4 is 21.9 Å². The maximum Gasteiger partial charge on any atom is 0.329 e. The summed E-state index contributed by atoms with van der Waals surface area (Å²) >= 11 is 3.08. The summed E-state index contributed by atoms with van der Waals surface area (Å²) in [5.41, 5.74) is 5.18. The first kappa shape index (κ1) is 20.6. The van der Waals surface area contributed by atoms with Crippen LogP contribution in [0.25, 0.3) is 11.2 Å². The topological polar surface area (TPSA) is 145 Å². The third-order valence-electron chi connectivity index (χ3n) is 5.22. The third-order valence-corrected chi connectivity index (χ3v) is 7.17. The lowest BCUT2D eigenvalue weighted by molar-refractivity contribution is -0.122. The predicted octanol–water partition coefficient (Wildman–Crippen LogP) is 0.0772. The van der Waals surface area contributed by atoms with Crippen LogP contribution in [-0.2, 0) is 18.4 Å². The van der Waals surface area contributed by atoms with Crippen LogP contribution in [0.5, 0.6) is 0 Å². The molecule has 13 heteroatoms. The number of carbonyl (C=O) groups excluding carboxylic acids is 1. The molecule has 1 amide bonds. The number of aromatic nitrogens is 6. The Labute approximate surface area is 179 Å². The molecule has 30 heavy (non-hydrogen) atoms. The van der Waals surface area contributed by atoms with Crippen LogP contribution >= 0.6 is 23.1 Å². The van der Waals surface area contributed by atoms with Crippen molar-refractivity contribution in [3.63, 3.8) is 0 Å². The van der Waals surface area contributed by atoms with Crippen LogP contribution in [0, 0.1) is 12.8 Å². The summed E-state index contributed by atoms with van der Waals surface area (Å²) in [6.45, 7) is 3.61. The van der Waals surface area contributed by atoms with Gasteiger partial charge in [0.1, 0.15) is 5.01 Å². The summed E-state index contributed by atoms with van der Waals surface area (Å²) in [7, 11) is 1.58. The minimum atomic E-state index is -0.505. The molecule has 1 fully saturated rings. The van der Waals surface area contributed by atoms with Gasteiger partial charge in [0.15, 0.2) is 15.5 Å². The molecule has 0 atom stereocenters. The molecule has 4 rings (SSSR count). The van der Waals surface area contributed by atoms with Gasteiger partial charge in [-0.3, -0.25) is 19.1 Å². The first-order chi connectivity index (χ1) is 14.3. The maximum absolute atomic E-state index is 12.6. The van der Waals surface area contributed by atoms with Gasteiger partial charge in [-0.05, 0) is 19.8 Å². The van der Waals surface area contributed by atoms with Crippen LogP contribution in [0.2, 0.25) is 0 Å². The number of aromatic amines is 1. The Balaban J connectivity index is 1.67. The molecule has 0 aromatic carbocycles. The highest BCUT2D eigenvalue weighted by Crippen LogP contribution is 2.27. The molecule has 0 radical (unpaired) electrons. The molecule has 3 aromatic rings. The van der Waals surface area contributed by atoms with Gasteiger partial charge in [-0.15, -0.1) is 10.2 Å². The number of piperidine rings is 1. The second kappa shape index (κ2) is 8.22. The second-order valence-corrected chi connectivity index (χ2v) is 9.68. The number of nitrogens with two attached hydrogens (primary N) is 1. The van der Waals surface area contributed by atoms with Crippen molar-refractivity contribution in [3.05, 3.63) is 25.8 Å². The fraction of sp³-hybridized carbons (Fsp3) is 0.529. The number of nitrogens with one attached hydrogen (secondary N) is 1. The van der Waals surface area contributed by atoms with Crippen LogP contribution in [0.1, 0.15) is 17.8 Å². The lowest BCUT2D eigenvalue weighted by Gasteiger charge is -2.31. The number of rotatable bonds is 6. The summed E-state index contributed by atoms with van der Waals surface area (Å²) in [5.74, 6) is 0.843. The molecular formula is C17H22N8O3S2. The first-order valence-electron chi connectivity index (χ1n) is 9.52. The van der Waals surface area contributed by atoms with Gasteiger partial charge in [0.05, 0.1) is 0 Å². The predicted molar refractivity (Wildman–Crippen MR) is 115 cm³/mol. The van der Waals surface area contributed by atoms with Crippen LogP contribution in [0.3, 0.4) is 0 Å². The Morgan fingerprint density at radius 2 is 2.03 bits per heavy atom. The normalized spacial score (nSPS) is 15.2. The lowest BCUT2D eigenvalue weighted by Crippen LogP contribution is -2.39. The zero-order valence-corrected chi connectivity index (χ0v) is 18.3. The standard InChI is InChI=1S/C17H22N8O3S2/c1-9-21-22-17(30-9)29-8-7-25-11-13(23(2)16(28)20-14(11)27)19-15(25)24-5-3-10(4-6-24)12(18)26/h10H,3-8H2,1-2H3,(H2,18,26)(H,20,27,28). The minimum Gasteiger partial charge on any atom is -0.369 e. The Morgan fingerprint density at radius 3 is 2.67 bits per heavy atom. The van der Waals surface area contributed by atoms with Crippen molar-refractivity contribution < 1.29 is 4.79 Å². The molecular weight excluding hydrogens is 428 g/mol. The van der Waals surface area contributed by atoms with Crippen molar-refractivity contribution in [1.29, 1.82) is 0 Å². The summed E-state index contributed by atoms with van der Waals surface area (Å²) in [5, 5.41) is 9.03. The second-order valence-electron chi connectivity index (χ2n) is 7.15. The summed E-state index contributed by atoms with van der Waals surface area (Å²) < 4.78 is 4.05. The van der Waals surface area contributed by atoms with Crippen LogP contribution in [-0.4, -0.2) is 54.0 Å². The fourth-order valence-electron chi connectivity index (χ4n) is 3.60. The average molecular weight is 451 g/mol. The quantitative estimate of drug-likeness (QED) is 0.502. The number of primary amides is 1. The molecule has 1 saturated heterocycles. The zero-order chi connectivity index (χ0) is 21.4. The monoisotopic (exact) mass is 450 g/mol. The maximum atomic E-state index is 12.6. The van der Waals surface area contributed by atoms with Gasteiger partial charge in [-0.1, -0.05) is 23.1 Å². The smallest absolute Gasteiger partial charge is 0.329 e. The van der Waals surface area contributed by atoms with E-state index in [9.17, 15) is 14.4 Å². The van der Waals surface area contributed by atoms with E-state index in [0.29, 0.717) is 55.3 Å². The van der Waals surface area contributed by atoms with Gasteiger partial charge in [0, 0.05) is 38.4 Å². The van der Waals surface area contributed by atoms with E-state index in [4.69, 9.17) is 5.73 Å². The van der Waals surface area contributed by atoms with Crippen molar-refractivity contribution in [2.24, 2.45) is 18.7 Å². The Hall–Kier alpha value is -2.67. The minimum absolute atomic E-state index is 0.150. The van der Waals surface area contributed by atoms with Gasteiger partial charge < -0.3 is 15.2 Å². The van der Waals surface area contributed by atoms with Gasteiger partial charge in [0.25, 0.3) is 5.56 Å². The van der Waals surface area contributed by atoms with E-state index in [1.54, 1.807) is 18.8 Å². The van der Waals surface area contributed by atoms with Crippen molar-refractivity contribution in [3.8, 4) is 0 Å². The number of fused-ring (bicyclic) bond motifs is 1. The van der Waals surface area contributed by atoms with E-state index in [1.807, 2.05) is 16.4 Å². The molecule has 160 valence electrons. The number of thioether (sulfide) groups is 1. The molecule has 1 aliphatic rings. The summed E-state index contributed by atoms with van der Waals surface area (Å²) in [6, 6.07) is 0. The fourth-order valence-corrected chi connectivity index (χ4v) is 5.41. The zero-order valence-electron chi connectivity index (χ0n) is 16.6. The van der Waals surface area contributed by atoms with Gasteiger partial charge in [-0.25, -0.2) is 4.79 Å². The van der Waals surface area contributed by atoms with Crippen LogP contribution in [0.15, 0.2) is 13.9 Å². The molecule has 0 spiro atoms. The largest absolute Gasteiger partial charge is 0.369 e. The van der Waals surface area contributed by atoms with Crippen molar-refractivity contribution in [1.82, 2.24) is 29.3 Å². The molecule has 11 nitrogen and oxygen atoms in total. The lowest BCUT2D eigenvalue weighted by atomic mass is 9.96. The molecule has 1 aliphatic heterocycles. The molecule has 0 aliphatic carbocycles. The number of imidazole rings is 1. The number of aryl methyl sites for hydroxylation is 3. The first-order valence-corrected chi connectivity index (χ1v) is 11.3. The molecule has 3 N–H and O–H groups in total. The molecule has 0 saturated carbocycles. The van der Waals surface area contributed by atoms with Crippen molar-refractivity contribution >= 4 is 46.1 Å². The van der Waals surface area contributed by atoms with Crippen molar-refractivity contribution in [2.45, 2.75) is 30.6 Å². The van der Waals surface area contributed by atoms with E-state index in [-0.39, 0.29) is 11.8 Å². The van der Waals surface area contributed by atoms with Gasteiger partial charge >= 0.3 is 5.69 Å². The Bertz CT molecular complexity index is 1200. The summed E-state index contributed by atoms with van der Waals surface area (Å²) in [4.78, 5) is 45.2. The number of anilines is 1. The van der Waals surface area contributed by atoms with Gasteiger partial charge in [-0.2, -0.15) is 4.98 Å². The highest BCUT2D eigenvalue weighted by atomic mass is 32.2. The highest BCUT2D eigenvalue weighted by Gasteiger charge is 2.27. The van der Waals surface area contributed by atoms with Crippen molar-refractivity contribution in [2.75, 3.05) is 23.7 Å². The number of H-pyrrole nitrogens is 1. The average Bonchev–Trinajstić information content (AvgIpc) is 3.30. The number of nitrogens with zero attached hydrogens (tertiary/aromatic N) is 6. The number of amides is 1. The third kappa shape index (κ3) is 3.86. The molecule has 4 heterocycles. The van der Waals surface area contributed by atoms with E-state index in [2.05, 4.69) is 20.2 Å². The SMILES string of the molecule is Cc1nnc(SCCn2c(N3CCC(C(N)=O)CC3)nc3c2c(=O)[nH]c(=O)n3C)s1. The number of hydrogen-bond acceptors (Lipinski definition) is 9. The van der Waals surface area contributed by atoms with Crippen LogP contribution in [0.4, 0.5) is 5.95 Å². The Kier molecular flexibility index (Phi) is 5.64. The molecule has 3 aromatic heterocycles. The van der Waals surface area contributed by atoms with E-state index < -0.39 is 11.2 Å². The van der Waals surface area contributed by atoms with E-state index in [1.165, 1.54) is 15.9 Å². The highest BCUT2D eigenvalue weighted by molar-refractivity contribution is 8.01. The summed E-state index contributed by atoms with van der Waals surface area (Å²) in [6.07, 6.45) is 1.26. The van der Waals surface area contributed by atoms with Gasteiger partial charge in [0.2, 0.25) is 11.9 Å². The molecule has 0 bridgehead atoms. The number of hydrogen-bond donors (Lipinski definition) is 2. The van der Waals surface area contributed by atoms with E-state index >= 15 is 0 Å².